The molecule has 22 heavy (non-hydrogen) atoms. The van der Waals surface area contributed by atoms with Crippen molar-refractivity contribution in [1.82, 2.24) is 0 Å². The second-order valence-corrected chi connectivity index (χ2v) is 5.00. The molecule has 0 bridgehead atoms. The third-order valence-corrected chi connectivity index (χ3v) is 3.54. The Hall–Kier alpha value is -2.62. The minimum Gasteiger partial charge on any atom is -0.468 e. The highest BCUT2D eigenvalue weighted by Crippen LogP contribution is 2.18. The van der Waals surface area contributed by atoms with Crippen LogP contribution in [0.3, 0.4) is 0 Å². The predicted octanol–water partition coefficient (Wildman–Crippen LogP) is 2.68. The van der Waals surface area contributed by atoms with Crippen LogP contribution in [0.5, 0.6) is 0 Å². The molecule has 0 fully saturated rings. The van der Waals surface area contributed by atoms with Crippen LogP contribution in [0.2, 0.25) is 0 Å². The molecular weight excluding hydrogens is 278 g/mol. The van der Waals surface area contributed by atoms with Crippen molar-refractivity contribution < 1.29 is 14.3 Å². The van der Waals surface area contributed by atoms with Crippen molar-refractivity contribution in [2.24, 2.45) is 5.92 Å². The number of esters is 1. The maximum absolute atomic E-state index is 12.7. The summed E-state index contributed by atoms with van der Waals surface area (Å²) in [5.41, 5.74) is 1.67. The van der Waals surface area contributed by atoms with Gasteiger partial charge in [0.25, 0.3) is 0 Å². The van der Waals surface area contributed by atoms with Gasteiger partial charge >= 0.3 is 5.97 Å². The first-order valence-electron chi connectivity index (χ1n) is 7.08. The van der Waals surface area contributed by atoms with Crippen molar-refractivity contribution in [2.45, 2.75) is 6.42 Å². The number of methoxy groups -OCH3 is 1. The number of nitrogens with zero attached hydrogens (tertiary/aromatic N) is 1. The normalized spacial score (nSPS) is 11.5. The first-order chi connectivity index (χ1) is 10.6. The van der Waals surface area contributed by atoms with E-state index in [1.807, 2.05) is 60.7 Å². The van der Waals surface area contributed by atoms with Gasteiger partial charge in [0.15, 0.2) is 0 Å². The van der Waals surface area contributed by atoms with Crippen molar-refractivity contribution in [2.75, 3.05) is 19.1 Å². The summed E-state index contributed by atoms with van der Waals surface area (Å²) in [7, 11) is 2.97. The largest absolute Gasteiger partial charge is 0.468 e. The average molecular weight is 297 g/mol. The lowest BCUT2D eigenvalue weighted by atomic mass is 9.98. The van der Waals surface area contributed by atoms with Gasteiger partial charge in [0.1, 0.15) is 5.92 Å². The van der Waals surface area contributed by atoms with E-state index in [4.69, 9.17) is 4.74 Å². The molecule has 0 aliphatic heterocycles. The monoisotopic (exact) mass is 297 g/mol. The molecule has 0 aliphatic carbocycles. The quantitative estimate of drug-likeness (QED) is 0.629. The van der Waals surface area contributed by atoms with Crippen molar-refractivity contribution in [3.05, 3.63) is 66.2 Å². The molecule has 4 nitrogen and oxygen atoms in total. The number of rotatable bonds is 5. The van der Waals surface area contributed by atoms with E-state index in [1.54, 1.807) is 7.05 Å². The Balaban J connectivity index is 2.21. The van der Waals surface area contributed by atoms with Gasteiger partial charge in [-0.15, -0.1) is 0 Å². The maximum atomic E-state index is 12.7. The van der Waals surface area contributed by atoms with E-state index < -0.39 is 11.9 Å². The Morgan fingerprint density at radius 3 is 2.09 bits per heavy atom. The first-order valence-corrected chi connectivity index (χ1v) is 7.08. The van der Waals surface area contributed by atoms with Crippen molar-refractivity contribution in [1.29, 1.82) is 0 Å². The zero-order valence-corrected chi connectivity index (χ0v) is 12.7. The zero-order chi connectivity index (χ0) is 15.9. The molecule has 0 saturated carbocycles. The molecule has 2 aromatic carbocycles. The second-order valence-electron chi connectivity index (χ2n) is 5.00. The van der Waals surface area contributed by atoms with Gasteiger partial charge in [-0.2, -0.15) is 0 Å². The van der Waals surface area contributed by atoms with Gasteiger partial charge in [-0.3, -0.25) is 9.59 Å². The Kier molecular flexibility index (Phi) is 5.31. The molecule has 0 radical (unpaired) electrons. The van der Waals surface area contributed by atoms with Gasteiger partial charge in [-0.25, -0.2) is 0 Å². The van der Waals surface area contributed by atoms with Crippen LogP contribution in [0.4, 0.5) is 5.69 Å². The van der Waals surface area contributed by atoms with Gasteiger partial charge in [0.05, 0.1) is 7.11 Å². The van der Waals surface area contributed by atoms with E-state index in [9.17, 15) is 9.59 Å². The summed E-state index contributed by atoms with van der Waals surface area (Å²) in [6.07, 6.45) is 0.323. The van der Waals surface area contributed by atoms with Crippen LogP contribution < -0.4 is 4.90 Å². The van der Waals surface area contributed by atoms with E-state index in [0.717, 1.165) is 11.3 Å². The summed E-state index contributed by atoms with van der Waals surface area (Å²) < 4.78 is 4.81. The number of ether oxygens (including phenoxy) is 1. The van der Waals surface area contributed by atoms with Crippen LogP contribution in [0, 0.1) is 5.92 Å². The molecule has 2 aromatic rings. The number of anilines is 1. The van der Waals surface area contributed by atoms with Crippen LogP contribution in [0.1, 0.15) is 5.56 Å². The highest BCUT2D eigenvalue weighted by atomic mass is 16.5. The highest BCUT2D eigenvalue weighted by Gasteiger charge is 2.30. The molecule has 1 amide bonds. The summed E-state index contributed by atoms with van der Waals surface area (Å²) in [6.45, 7) is 0. The fraction of sp³-hybridized carbons (Fsp3) is 0.222. The average Bonchev–Trinajstić information content (AvgIpc) is 2.59. The van der Waals surface area contributed by atoms with Gasteiger partial charge in [-0.1, -0.05) is 48.5 Å². The van der Waals surface area contributed by atoms with E-state index in [-0.39, 0.29) is 5.91 Å². The lowest BCUT2D eigenvalue weighted by Gasteiger charge is -2.22. The second kappa shape index (κ2) is 7.41. The molecule has 1 atom stereocenters. The SMILES string of the molecule is COC(=O)C(Cc1ccccc1)C(=O)N(C)c1ccccc1. The van der Waals surface area contributed by atoms with E-state index >= 15 is 0 Å². The van der Waals surface area contributed by atoms with Crippen LogP contribution in [0.15, 0.2) is 60.7 Å². The Labute approximate surface area is 130 Å². The molecule has 2 rings (SSSR count). The third kappa shape index (κ3) is 3.73. The first kappa shape index (κ1) is 15.8. The van der Waals surface area contributed by atoms with Crippen LogP contribution >= 0.6 is 0 Å². The topological polar surface area (TPSA) is 46.6 Å². The summed E-state index contributed by atoms with van der Waals surface area (Å²) in [5.74, 6) is -1.64. The van der Waals surface area contributed by atoms with E-state index in [0.29, 0.717) is 6.42 Å². The number of amides is 1. The standard InChI is InChI=1S/C18H19NO3/c1-19(15-11-7-4-8-12-15)17(20)16(18(21)22-2)13-14-9-5-3-6-10-14/h3-12,16H,13H2,1-2H3. The van der Waals surface area contributed by atoms with Gasteiger partial charge in [-0.05, 0) is 24.1 Å². The smallest absolute Gasteiger partial charge is 0.318 e. The highest BCUT2D eigenvalue weighted by molar-refractivity contribution is 6.06. The van der Waals surface area contributed by atoms with Crippen molar-refractivity contribution >= 4 is 17.6 Å². The predicted molar refractivity (Wildman–Crippen MR) is 85.5 cm³/mol. The van der Waals surface area contributed by atoms with Crippen molar-refractivity contribution in [3.8, 4) is 0 Å². The molecule has 0 saturated heterocycles. The summed E-state index contributed by atoms with van der Waals surface area (Å²) in [6, 6.07) is 18.7. The number of benzene rings is 2. The van der Waals surface area contributed by atoms with E-state index in [1.165, 1.54) is 12.0 Å². The number of carbonyl (C=O) groups is 2. The van der Waals surface area contributed by atoms with Crippen LogP contribution in [-0.4, -0.2) is 26.0 Å². The minimum atomic E-state index is -0.849. The summed E-state index contributed by atoms with van der Waals surface area (Å²) in [4.78, 5) is 26.2. The molecule has 114 valence electrons. The number of hydrogen-bond acceptors (Lipinski definition) is 3. The fourth-order valence-corrected chi connectivity index (χ4v) is 2.28. The van der Waals surface area contributed by atoms with Gasteiger partial charge in [0.2, 0.25) is 5.91 Å². The Bertz CT molecular complexity index is 625. The summed E-state index contributed by atoms with van der Waals surface area (Å²) in [5, 5.41) is 0. The molecule has 1 unspecified atom stereocenters. The zero-order valence-electron chi connectivity index (χ0n) is 12.7. The maximum Gasteiger partial charge on any atom is 0.318 e. The molecule has 4 heteroatoms. The van der Waals surface area contributed by atoms with E-state index in [2.05, 4.69) is 0 Å². The minimum absolute atomic E-state index is 0.276. The van der Waals surface area contributed by atoms with Crippen LogP contribution in [0.25, 0.3) is 0 Å². The molecular formula is C18H19NO3. The van der Waals surface area contributed by atoms with Gasteiger partial charge < -0.3 is 9.64 Å². The van der Waals surface area contributed by atoms with Gasteiger partial charge in [0, 0.05) is 12.7 Å². The number of carbonyl (C=O) groups excluding carboxylic acids is 2. The Morgan fingerprint density at radius 2 is 1.55 bits per heavy atom. The molecule has 0 spiro atoms. The van der Waals surface area contributed by atoms with Crippen LogP contribution in [-0.2, 0) is 20.7 Å². The lowest BCUT2D eigenvalue weighted by Crippen LogP contribution is -2.38. The lowest BCUT2D eigenvalue weighted by molar-refractivity contribution is -0.149. The van der Waals surface area contributed by atoms with Crippen molar-refractivity contribution in [3.63, 3.8) is 0 Å². The molecule has 0 N–H and O–H groups in total. The number of para-hydroxylation sites is 1. The summed E-state index contributed by atoms with van der Waals surface area (Å²) >= 11 is 0. The fourth-order valence-electron chi connectivity index (χ4n) is 2.28. The third-order valence-electron chi connectivity index (χ3n) is 3.54. The number of hydrogen-bond donors (Lipinski definition) is 0. The Morgan fingerprint density at radius 1 is 1.00 bits per heavy atom. The molecule has 0 heterocycles. The molecule has 0 aromatic heterocycles. The molecule has 0 aliphatic rings.